The highest BCUT2D eigenvalue weighted by Gasteiger charge is 2.31. The van der Waals surface area contributed by atoms with Gasteiger partial charge in [0, 0.05) is 24.5 Å². The summed E-state index contributed by atoms with van der Waals surface area (Å²) in [4.78, 5) is 23.5. The van der Waals surface area contributed by atoms with Crippen LogP contribution in [0.3, 0.4) is 0 Å². The smallest absolute Gasteiger partial charge is 0.252 e. The zero-order chi connectivity index (χ0) is 16.7. The van der Waals surface area contributed by atoms with E-state index in [-0.39, 0.29) is 24.7 Å². The number of nitrogens with zero attached hydrogens (tertiary/aromatic N) is 5. The number of hydrogen-bond donors (Lipinski definition) is 1. The maximum atomic E-state index is 12.7. The average molecular weight is 365 g/mol. The van der Waals surface area contributed by atoms with Crippen LogP contribution in [-0.4, -0.2) is 56.6 Å². The van der Waals surface area contributed by atoms with E-state index in [1.807, 2.05) is 24.8 Å². The van der Waals surface area contributed by atoms with Gasteiger partial charge in [-0.3, -0.25) is 4.79 Å². The third-order valence-corrected chi connectivity index (χ3v) is 5.34. The highest BCUT2D eigenvalue weighted by molar-refractivity contribution is 5.85. The molecule has 0 aromatic carbocycles. The lowest BCUT2D eigenvalue weighted by atomic mass is 9.92. The molecule has 0 bridgehead atoms. The van der Waals surface area contributed by atoms with Gasteiger partial charge in [-0.15, -0.1) is 17.5 Å². The molecule has 0 radical (unpaired) electrons. The summed E-state index contributed by atoms with van der Waals surface area (Å²) in [6.45, 7) is 7.83. The normalized spacial score (nSPS) is 23.2. The van der Waals surface area contributed by atoms with Crippen LogP contribution in [0.4, 0.5) is 0 Å². The Bertz CT molecular complexity index is 762. The van der Waals surface area contributed by atoms with Crippen LogP contribution in [0.2, 0.25) is 0 Å². The molecule has 2 saturated heterocycles. The summed E-state index contributed by atoms with van der Waals surface area (Å²) in [5.74, 6) is 2.73. The van der Waals surface area contributed by atoms with Crippen LogP contribution in [0.5, 0.6) is 0 Å². The molecule has 4 heterocycles. The Balaban J connectivity index is 0.00000182. The fraction of sp³-hybridized carbons (Fsp3) is 0.647. The molecule has 0 spiro atoms. The average Bonchev–Trinajstić information content (AvgIpc) is 3.09. The highest BCUT2D eigenvalue weighted by atomic mass is 35.5. The van der Waals surface area contributed by atoms with Crippen molar-refractivity contribution in [1.29, 1.82) is 0 Å². The van der Waals surface area contributed by atoms with Gasteiger partial charge in [0.25, 0.3) is 5.78 Å². The summed E-state index contributed by atoms with van der Waals surface area (Å²) in [7, 11) is 0. The van der Waals surface area contributed by atoms with E-state index in [0.29, 0.717) is 11.6 Å². The first kappa shape index (κ1) is 18.1. The van der Waals surface area contributed by atoms with E-state index in [1.54, 1.807) is 4.52 Å². The largest absolute Gasteiger partial charge is 0.342 e. The maximum absolute atomic E-state index is 12.7. The molecule has 7 nitrogen and oxygen atoms in total. The molecule has 2 atom stereocenters. The second-order valence-corrected chi connectivity index (χ2v) is 7.09. The molecular weight excluding hydrogens is 340 g/mol. The summed E-state index contributed by atoms with van der Waals surface area (Å²) in [5.41, 5.74) is 1.90. The van der Waals surface area contributed by atoms with Gasteiger partial charge in [-0.05, 0) is 57.7 Å². The minimum absolute atomic E-state index is 0. The number of fused-ring (bicyclic) bond motifs is 2. The van der Waals surface area contributed by atoms with Gasteiger partial charge >= 0.3 is 0 Å². The molecule has 0 aliphatic carbocycles. The van der Waals surface area contributed by atoms with Crippen molar-refractivity contribution in [1.82, 2.24) is 29.8 Å². The molecule has 0 saturated carbocycles. The van der Waals surface area contributed by atoms with Gasteiger partial charge < -0.3 is 10.2 Å². The Kier molecular flexibility index (Phi) is 5.24. The summed E-state index contributed by atoms with van der Waals surface area (Å²) >= 11 is 0. The van der Waals surface area contributed by atoms with Crippen molar-refractivity contribution in [2.45, 2.75) is 33.1 Å². The summed E-state index contributed by atoms with van der Waals surface area (Å²) < 4.78 is 1.72. The summed E-state index contributed by atoms with van der Waals surface area (Å²) in [6.07, 6.45) is 2.46. The van der Waals surface area contributed by atoms with Crippen LogP contribution >= 0.6 is 12.4 Å². The Hall–Kier alpha value is -1.73. The number of aryl methyl sites for hydroxylation is 2. The summed E-state index contributed by atoms with van der Waals surface area (Å²) in [5, 5.41) is 7.92. The minimum Gasteiger partial charge on any atom is -0.342 e. The summed E-state index contributed by atoms with van der Waals surface area (Å²) in [6, 6.07) is 1.97. The van der Waals surface area contributed by atoms with Crippen molar-refractivity contribution >= 4 is 24.1 Å². The number of carbonyl (C=O) groups excluding carboxylic acids is 1. The van der Waals surface area contributed by atoms with Crippen LogP contribution in [0.25, 0.3) is 5.78 Å². The van der Waals surface area contributed by atoms with Gasteiger partial charge in [0.1, 0.15) is 0 Å². The van der Waals surface area contributed by atoms with E-state index in [9.17, 15) is 4.79 Å². The first-order valence-corrected chi connectivity index (χ1v) is 8.78. The van der Waals surface area contributed by atoms with Crippen molar-refractivity contribution in [3.05, 3.63) is 23.3 Å². The van der Waals surface area contributed by atoms with E-state index < -0.39 is 0 Å². The van der Waals surface area contributed by atoms with Crippen LogP contribution in [0, 0.1) is 25.7 Å². The number of carbonyl (C=O) groups is 1. The molecule has 8 heteroatoms. The molecule has 136 valence electrons. The molecule has 2 aromatic rings. The Labute approximate surface area is 153 Å². The molecule has 2 aliphatic heterocycles. The number of likely N-dealkylation sites (tertiary alicyclic amines) is 1. The van der Waals surface area contributed by atoms with E-state index in [4.69, 9.17) is 0 Å². The van der Waals surface area contributed by atoms with Gasteiger partial charge in [-0.1, -0.05) is 0 Å². The quantitative estimate of drug-likeness (QED) is 0.865. The predicted molar refractivity (Wildman–Crippen MR) is 96.9 cm³/mol. The standard InChI is InChI=1S/C17H24N6O.ClH/c1-11-7-12(2)23-17(19-11)20-15(21-23)8-16(24)22-5-3-13-9-18-10-14(13)4-6-22;/h7,13-14,18H,3-6,8-10H2,1-2H3;1H/t13-,14+;. The van der Waals surface area contributed by atoms with Crippen molar-refractivity contribution < 1.29 is 4.79 Å². The van der Waals surface area contributed by atoms with E-state index in [0.717, 1.165) is 62.2 Å². The second-order valence-electron chi connectivity index (χ2n) is 7.09. The first-order valence-electron chi connectivity index (χ1n) is 8.78. The van der Waals surface area contributed by atoms with Crippen LogP contribution < -0.4 is 5.32 Å². The minimum atomic E-state index is 0. The zero-order valence-electron chi connectivity index (χ0n) is 14.7. The van der Waals surface area contributed by atoms with E-state index >= 15 is 0 Å². The lowest BCUT2D eigenvalue weighted by Crippen LogP contribution is -2.34. The van der Waals surface area contributed by atoms with E-state index in [2.05, 4.69) is 20.4 Å². The van der Waals surface area contributed by atoms with Gasteiger partial charge in [-0.2, -0.15) is 4.98 Å². The van der Waals surface area contributed by atoms with E-state index in [1.165, 1.54) is 0 Å². The third-order valence-electron chi connectivity index (χ3n) is 5.34. The number of nitrogens with one attached hydrogen (secondary N) is 1. The van der Waals surface area contributed by atoms with Gasteiger partial charge in [0.2, 0.25) is 5.91 Å². The van der Waals surface area contributed by atoms with Crippen molar-refractivity contribution in [3.63, 3.8) is 0 Å². The zero-order valence-corrected chi connectivity index (χ0v) is 15.6. The highest BCUT2D eigenvalue weighted by Crippen LogP contribution is 2.27. The van der Waals surface area contributed by atoms with Crippen LogP contribution in [0.15, 0.2) is 6.07 Å². The van der Waals surface area contributed by atoms with Crippen molar-refractivity contribution in [3.8, 4) is 0 Å². The molecule has 4 rings (SSSR count). The molecule has 2 fully saturated rings. The topological polar surface area (TPSA) is 75.4 Å². The molecule has 0 unspecified atom stereocenters. The maximum Gasteiger partial charge on any atom is 0.252 e. The molecule has 1 N–H and O–H groups in total. The number of halogens is 1. The SMILES string of the molecule is Cc1cc(C)n2nc(CC(=O)N3CC[C@@H]4CNC[C@@H]4CC3)nc2n1.Cl. The lowest BCUT2D eigenvalue weighted by Gasteiger charge is -2.20. The number of hydrogen-bond acceptors (Lipinski definition) is 5. The van der Waals surface area contributed by atoms with Gasteiger partial charge in [0.15, 0.2) is 5.82 Å². The van der Waals surface area contributed by atoms with Crippen molar-refractivity contribution in [2.75, 3.05) is 26.2 Å². The second kappa shape index (κ2) is 7.25. The fourth-order valence-electron chi connectivity index (χ4n) is 4.00. The Morgan fingerprint density at radius 2 is 1.88 bits per heavy atom. The lowest BCUT2D eigenvalue weighted by molar-refractivity contribution is -0.130. The van der Waals surface area contributed by atoms with Gasteiger partial charge in [-0.25, -0.2) is 9.50 Å². The monoisotopic (exact) mass is 364 g/mol. The third kappa shape index (κ3) is 3.62. The van der Waals surface area contributed by atoms with Crippen LogP contribution in [-0.2, 0) is 11.2 Å². The molecule has 2 aliphatic rings. The Morgan fingerprint density at radius 3 is 2.56 bits per heavy atom. The number of amides is 1. The number of rotatable bonds is 2. The molecule has 1 amide bonds. The van der Waals surface area contributed by atoms with Crippen molar-refractivity contribution in [2.24, 2.45) is 11.8 Å². The Morgan fingerprint density at radius 1 is 1.20 bits per heavy atom. The fourth-order valence-corrected chi connectivity index (χ4v) is 4.00. The molecule has 2 aromatic heterocycles. The molecule has 25 heavy (non-hydrogen) atoms. The van der Waals surface area contributed by atoms with Crippen LogP contribution in [0.1, 0.15) is 30.1 Å². The molecular formula is C17H25ClN6O. The predicted octanol–water partition coefficient (Wildman–Crippen LogP) is 1.16. The first-order chi connectivity index (χ1) is 11.6. The number of aromatic nitrogens is 4. The van der Waals surface area contributed by atoms with Gasteiger partial charge in [0.05, 0.1) is 6.42 Å².